The zero-order valence-corrected chi connectivity index (χ0v) is 11.2. The molecule has 96 valence electrons. The Bertz CT molecular complexity index is 649. The molecular weight excluding hydrogens is 238 g/mol. The number of pyridine rings is 1. The Labute approximate surface area is 112 Å². The number of nitrogens with two attached hydrogens (primary N) is 1. The molecule has 1 aromatic heterocycles. The molecule has 0 spiro atoms. The van der Waals surface area contributed by atoms with Crippen molar-refractivity contribution in [1.82, 2.24) is 4.98 Å². The number of hydrogen-bond donors (Lipinski definition) is 1. The average Bonchev–Trinajstić information content (AvgIpc) is 2.35. The third-order valence-corrected chi connectivity index (χ3v) is 2.84. The van der Waals surface area contributed by atoms with Crippen LogP contribution in [-0.4, -0.2) is 4.98 Å². The highest BCUT2D eigenvalue weighted by Crippen LogP contribution is 2.30. The van der Waals surface area contributed by atoms with Crippen LogP contribution in [0.25, 0.3) is 0 Å². The Morgan fingerprint density at radius 2 is 1.74 bits per heavy atom. The van der Waals surface area contributed by atoms with Gasteiger partial charge < -0.3 is 10.5 Å². The molecule has 2 aromatic rings. The predicted octanol–water partition coefficient (Wildman–Crippen LogP) is 3.25. The Morgan fingerprint density at radius 3 is 2.26 bits per heavy atom. The molecule has 0 fully saturated rings. The van der Waals surface area contributed by atoms with Crippen LogP contribution in [0, 0.1) is 32.1 Å². The summed E-state index contributed by atoms with van der Waals surface area (Å²) in [7, 11) is 0. The number of nitriles is 1. The van der Waals surface area contributed by atoms with Crippen molar-refractivity contribution in [1.29, 1.82) is 5.26 Å². The molecule has 0 saturated carbocycles. The van der Waals surface area contributed by atoms with Crippen molar-refractivity contribution in [3.63, 3.8) is 0 Å². The van der Waals surface area contributed by atoms with Gasteiger partial charge in [-0.3, -0.25) is 0 Å². The number of rotatable bonds is 2. The van der Waals surface area contributed by atoms with Crippen LogP contribution >= 0.6 is 0 Å². The number of nitrogen functional groups attached to an aromatic ring is 1. The molecular formula is C15H15N3O. The topological polar surface area (TPSA) is 71.9 Å². The maximum Gasteiger partial charge on any atom is 0.222 e. The molecule has 0 aliphatic rings. The Hall–Kier alpha value is -2.54. The van der Waals surface area contributed by atoms with Gasteiger partial charge in [0.1, 0.15) is 5.75 Å². The van der Waals surface area contributed by atoms with E-state index < -0.39 is 0 Å². The third-order valence-electron chi connectivity index (χ3n) is 2.84. The molecule has 0 aliphatic carbocycles. The highest BCUT2D eigenvalue weighted by atomic mass is 16.5. The molecule has 2 N–H and O–H groups in total. The minimum atomic E-state index is 0.533. The van der Waals surface area contributed by atoms with Crippen LogP contribution < -0.4 is 10.5 Å². The van der Waals surface area contributed by atoms with Crippen LogP contribution in [0.5, 0.6) is 11.6 Å². The quantitative estimate of drug-likeness (QED) is 0.891. The summed E-state index contributed by atoms with van der Waals surface area (Å²) in [6.07, 6.45) is 1.57. The van der Waals surface area contributed by atoms with Crippen LogP contribution in [0.2, 0.25) is 0 Å². The van der Waals surface area contributed by atoms with Crippen molar-refractivity contribution in [2.24, 2.45) is 0 Å². The zero-order valence-electron chi connectivity index (χ0n) is 11.2. The normalized spacial score (nSPS) is 10.0. The number of aromatic nitrogens is 1. The first-order chi connectivity index (χ1) is 9.01. The van der Waals surface area contributed by atoms with E-state index in [0.29, 0.717) is 17.1 Å². The van der Waals surface area contributed by atoms with E-state index in [1.165, 1.54) is 0 Å². The average molecular weight is 253 g/mol. The number of nitrogens with zero attached hydrogens (tertiary/aromatic N) is 2. The predicted molar refractivity (Wildman–Crippen MR) is 74.1 cm³/mol. The highest BCUT2D eigenvalue weighted by molar-refractivity contribution is 5.50. The van der Waals surface area contributed by atoms with Gasteiger partial charge in [-0.2, -0.15) is 5.26 Å². The van der Waals surface area contributed by atoms with Gasteiger partial charge in [-0.15, -0.1) is 0 Å². The fourth-order valence-electron chi connectivity index (χ4n) is 1.96. The summed E-state index contributed by atoms with van der Waals surface area (Å²) in [6, 6.07) is 7.55. The Morgan fingerprint density at radius 1 is 1.11 bits per heavy atom. The molecule has 0 atom stereocenters. The van der Waals surface area contributed by atoms with E-state index in [1.54, 1.807) is 18.3 Å². The first-order valence-corrected chi connectivity index (χ1v) is 5.92. The lowest BCUT2D eigenvalue weighted by Gasteiger charge is -2.13. The second-order valence-corrected chi connectivity index (χ2v) is 4.54. The monoisotopic (exact) mass is 253 g/mol. The van der Waals surface area contributed by atoms with Crippen LogP contribution in [0.3, 0.4) is 0 Å². The second-order valence-electron chi connectivity index (χ2n) is 4.54. The molecule has 4 nitrogen and oxygen atoms in total. The lowest BCUT2D eigenvalue weighted by atomic mass is 10.1. The fourth-order valence-corrected chi connectivity index (χ4v) is 1.96. The lowest BCUT2D eigenvalue weighted by molar-refractivity contribution is 0.452. The van der Waals surface area contributed by atoms with E-state index in [1.807, 2.05) is 26.8 Å². The van der Waals surface area contributed by atoms with Gasteiger partial charge >= 0.3 is 0 Å². The minimum Gasteiger partial charge on any atom is -0.438 e. The largest absolute Gasteiger partial charge is 0.438 e. The van der Waals surface area contributed by atoms with Crippen molar-refractivity contribution in [3.8, 4) is 17.7 Å². The van der Waals surface area contributed by atoms with E-state index in [4.69, 9.17) is 15.7 Å². The number of aryl methyl sites for hydroxylation is 3. The van der Waals surface area contributed by atoms with Crippen LogP contribution in [0.15, 0.2) is 24.4 Å². The first-order valence-electron chi connectivity index (χ1n) is 5.92. The third kappa shape index (κ3) is 2.66. The molecule has 4 heteroatoms. The molecule has 0 unspecified atom stereocenters. The van der Waals surface area contributed by atoms with Gasteiger partial charge in [0, 0.05) is 5.56 Å². The minimum absolute atomic E-state index is 0.533. The molecule has 19 heavy (non-hydrogen) atoms. The van der Waals surface area contributed by atoms with Crippen molar-refractivity contribution in [3.05, 3.63) is 46.6 Å². The summed E-state index contributed by atoms with van der Waals surface area (Å²) < 4.78 is 5.85. The van der Waals surface area contributed by atoms with Crippen LogP contribution in [-0.2, 0) is 0 Å². The number of hydrogen-bond acceptors (Lipinski definition) is 4. The summed E-state index contributed by atoms with van der Waals surface area (Å²) in [5, 5.41) is 8.92. The van der Waals surface area contributed by atoms with E-state index in [2.05, 4.69) is 11.1 Å². The summed E-state index contributed by atoms with van der Waals surface area (Å²) in [4.78, 5) is 4.19. The van der Waals surface area contributed by atoms with Gasteiger partial charge in [-0.05, 0) is 50.1 Å². The number of anilines is 1. The van der Waals surface area contributed by atoms with E-state index >= 15 is 0 Å². The van der Waals surface area contributed by atoms with Gasteiger partial charge in [-0.1, -0.05) is 0 Å². The smallest absolute Gasteiger partial charge is 0.222 e. The summed E-state index contributed by atoms with van der Waals surface area (Å²) in [5.41, 5.74) is 9.60. The van der Waals surface area contributed by atoms with E-state index in [-0.39, 0.29) is 0 Å². The Kier molecular flexibility index (Phi) is 3.39. The summed E-state index contributed by atoms with van der Waals surface area (Å²) in [6.45, 7) is 5.72. The van der Waals surface area contributed by atoms with Gasteiger partial charge in [0.05, 0.1) is 23.5 Å². The number of ether oxygens (including phenoxy) is 1. The van der Waals surface area contributed by atoms with Crippen LogP contribution in [0.1, 0.15) is 22.3 Å². The summed E-state index contributed by atoms with van der Waals surface area (Å²) in [5.74, 6) is 1.27. The second kappa shape index (κ2) is 4.99. The molecule has 1 heterocycles. The van der Waals surface area contributed by atoms with Crippen molar-refractivity contribution in [2.75, 3.05) is 5.73 Å². The van der Waals surface area contributed by atoms with E-state index in [0.717, 1.165) is 22.4 Å². The zero-order chi connectivity index (χ0) is 14.0. The van der Waals surface area contributed by atoms with Gasteiger partial charge in [-0.25, -0.2) is 4.98 Å². The number of benzene rings is 1. The molecule has 2 rings (SSSR count). The highest BCUT2D eigenvalue weighted by Gasteiger charge is 2.10. The molecule has 0 bridgehead atoms. The molecule has 0 saturated heterocycles. The lowest BCUT2D eigenvalue weighted by Crippen LogP contribution is -1.97. The van der Waals surface area contributed by atoms with E-state index in [9.17, 15) is 0 Å². The van der Waals surface area contributed by atoms with Crippen molar-refractivity contribution in [2.45, 2.75) is 20.8 Å². The maximum absolute atomic E-state index is 8.92. The van der Waals surface area contributed by atoms with Crippen molar-refractivity contribution < 1.29 is 4.74 Å². The van der Waals surface area contributed by atoms with Crippen molar-refractivity contribution >= 4 is 5.69 Å². The Balaban J connectivity index is 2.41. The van der Waals surface area contributed by atoms with Gasteiger partial charge in [0.25, 0.3) is 0 Å². The molecule has 0 radical (unpaired) electrons. The standard InChI is InChI=1S/C15H15N3O/c1-9-4-12(7-16)5-10(2)14(9)19-15-11(3)6-13(17)8-18-15/h4-6,8H,17H2,1-3H3. The van der Waals surface area contributed by atoms with Crippen LogP contribution in [0.4, 0.5) is 5.69 Å². The van der Waals surface area contributed by atoms with Gasteiger partial charge in [0.15, 0.2) is 0 Å². The summed E-state index contributed by atoms with van der Waals surface area (Å²) >= 11 is 0. The molecule has 1 aromatic carbocycles. The SMILES string of the molecule is Cc1cc(N)cnc1Oc1c(C)cc(C#N)cc1C. The first kappa shape index (κ1) is 12.9. The molecule has 0 amide bonds. The molecule has 0 aliphatic heterocycles. The van der Waals surface area contributed by atoms with Gasteiger partial charge in [0.2, 0.25) is 5.88 Å². The fraction of sp³-hybridized carbons (Fsp3) is 0.200. The maximum atomic E-state index is 8.92.